The summed E-state index contributed by atoms with van der Waals surface area (Å²) in [6.07, 6.45) is -4.52. The van der Waals surface area contributed by atoms with Gasteiger partial charge in [-0.2, -0.15) is 13.2 Å². The maximum atomic E-state index is 13.4. The summed E-state index contributed by atoms with van der Waals surface area (Å²) in [5.74, 6) is -0.230. The number of benzene rings is 3. The normalized spacial score (nSPS) is 18.4. The topological polar surface area (TPSA) is 77.1 Å². The van der Waals surface area contributed by atoms with Gasteiger partial charge < -0.3 is 24.4 Å². The van der Waals surface area contributed by atoms with Crippen LogP contribution in [0.5, 0.6) is 17.2 Å². The van der Waals surface area contributed by atoms with E-state index < -0.39 is 23.6 Å². The van der Waals surface area contributed by atoms with Crippen LogP contribution in [0.3, 0.4) is 0 Å². The van der Waals surface area contributed by atoms with Crippen LogP contribution < -0.4 is 19.5 Å². The number of nitrogens with one attached hydrogen (secondary N) is 1. The van der Waals surface area contributed by atoms with Crippen molar-refractivity contribution in [3.63, 3.8) is 0 Å². The fourth-order valence-corrected chi connectivity index (χ4v) is 4.81. The van der Waals surface area contributed by atoms with Gasteiger partial charge in [-0.1, -0.05) is 24.3 Å². The van der Waals surface area contributed by atoms with Crippen LogP contribution in [-0.4, -0.2) is 43.7 Å². The van der Waals surface area contributed by atoms with Crippen LogP contribution in [0, 0.1) is 5.92 Å². The molecular weight excluding hydrogens is 501 g/mol. The Hall–Kier alpha value is -4.21. The molecule has 7 nitrogen and oxygen atoms in total. The van der Waals surface area contributed by atoms with Gasteiger partial charge in [-0.15, -0.1) is 0 Å². The van der Waals surface area contributed by atoms with Gasteiger partial charge in [0.1, 0.15) is 5.75 Å². The zero-order valence-electron chi connectivity index (χ0n) is 20.5. The third-order valence-corrected chi connectivity index (χ3v) is 6.83. The van der Waals surface area contributed by atoms with Crippen molar-refractivity contribution in [1.82, 2.24) is 10.2 Å². The largest absolute Gasteiger partial charge is 0.497 e. The van der Waals surface area contributed by atoms with Crippen LogP contribution in [0.1, 0.15) is 33.0 Å². The maximum absolute atomic E-state index is 13.4. The van der Waals surface area contributed by atoms with Gasteiger partial charge in [0.05, 0.1) is 18.6 Å². The number of rotatable bonds is 6. The van der Waals surface area contributed by atoms with E-state index in [0.29, 0.717) is 28.4 Å². The number of methoxy groups -OCH3 is 1. The molecular formula is C28H25F3N2O5. The molecule has 2 amide bonds. The molecule has 0 saturated carbocycles. The summed E-state index contributed by atoms with van der Waals surface area (Å²) in [7, 11) is 1.52. The number of amides is 2. The molecule has 2 atom stereocenters. The standard InChI is InChI=1S/C28H25F3N2O5/c1-36-21-8-6-18(7-9-21)27(35)33-14-22(19-3-2-4-20(12-19)28(29,30)31)23(15-33)26(34)32-13-17-5-10-24-25(11-17)38-16-37-24/h2-12,22-23H,13-16H2,1H3,(H,32,34)/t22-,23-/m0/s1. The molecule has 0 unspecified atom stereocenters. The highest BCUT2D eigenvalue weighted by molar-refractivity contribution is 5.95. The zero-order chi connectivity index (χ0) is 26.9. The highest BCUT2D eigenvalue weighted by atomic mass is 19.4. The third kappa shape index (κ3) is 5.25. The number of nitrogens with zero attached hydrogens (tertiary/aromatic N) is 1. The molecule has 1 saturated heterocycles. The first-order chi connectivity index (χ1) is 18.2. The van der Waals surface area contributed by atoms with Crippen LogP contribution in [0.15, 0.2) is 66.7 Å². The predicted octanol–water partition coefficient (Wildman–Crippen LogP) is 4.61. The molecule has 0 bridgehead atoms. The Labute approximate surface area is 217 Å². The molecule has 198 valence electrons. The quantitative estimate of drug-likeness (QED) is 0.508. The van der Waals surface area contributed by atoms with E-state index in [-0.39, 0.29) is 38.2 Å². The second kappa shape index (κ2) is 10.3. The molecule has 0 radical (unpaired) electrons. The Bertz CT molecular complexity index is 1340. The first-order valence-electron chi connectivity index (χ1n) is 12.0. The lowest BCUT2D eigenvalue weighted by atomic mass is 9.87. The Morgan fingerprint density at radius 3 is 2.50 bits per heavy atom. The minimum Gasteiger partial charge on any atom is -0.497 e. The monoisotopic (exact) mass is 526 g/mol. The first kappa shape index (κ1) is 25.4. The predicted molar refractivity (Wildman–Crippen MR) is 131 cm³/mol. The second-order valence-electron chi connectivity index (χ2n) is 9.18. The van der Waals surface area contributed by atoms with Gasteiger partial charge in [0.15, 0.2) is 11.5 Å². The van der Waals surface area contributed by atoms with Gasteiger partial charge in [0, 0.05) is 31.1 Å². The van der Waals surface area contributed by atoms with Crippen LogP contribution in [0.4, 0.5) is 13.2 Å². The summed E-state index contributed by atoms with van der Waals surface area (Å²) in [6.45, 7) is 0.491. The molecule has 3 aromatic carbocycles. The van der Waals surface area contributed by atoms with E-state index in [0.717, 1.165) is 17.7 Å². The van der Waals surface area contributed by atoms with Gasteiger partial charge in [-0.25, -0.2) is 0 Å². The highest BCUT2D eigenvalue weighted by Crippen LogP contribution is 2.37. The van der Waals surface area contributed by atoms with Gasteiger partial charge in [0.2, 0.25) is 12.7 Å². The number of carbonyl (C=O) groups is 2. The number of likely N-dealkylation sites (tertiary alicyclic amines) is 1. The second-order valence-corrected chi connectivity index (χ2v) is 9.18. The van der Waals surface area contributed by atoms with Crippen LogP contribution in [0.2, 0.25) is 0 Å². The molecule has 2 aliphatic heterocycles. The number of ether oxygens (including phenoxy) is 3. The van der Waals surface area contributed by atoms with E-state index >= 15 is 0 Å². The molecule has 10 heteroatoms. The first-order valence-corrected chi connectivity index (χ1v) is 12.0. The summed E-state index contributed by atoms with van der Waals surface area (Å²) >= 11 is 0. The number of alkyl halides is 3. The molecule has 2 heterocycles. The molecule has 0 aliphatic carbocycles. The van der Waals surface area contributed by atoms with Crippen molar-refractivity contribution in [2.24, 2.45) is 5.92 Å². The van der Waals surface area contributed by atoms with E-state index in [1.807, 2.05) is 0 Å². The highest BCUT2D eigenvalue weighted by Gasteiger charge is 2.41. The number of carbonyl (C=O) groups excluding carboxylic acids is 2. The fraction of sp³-hybridized carbons (Fsp3) is 0.286. The van der Waals surface area contributed by atoms with Crippen molar-refractivity contribution in [3.05, 3.63) is 89.0 Å². The Balaban J connectivity index is 1.37. The van der Waals surface area contributed by atoms with E-state index in [1.54, 1.807) is 48.5 Å². The van der Waals surface area contributed by atoms with Crippen molar-refractivity contribution in [2.45, 2.75) is 18.6 Å². The summed E-state index contributed by atoms with van der Waals surface area (Å²) in [4.78, 5) is 28.1. The van der Waals surface area contributed by atoms with E-state index in [4.69, 9.17) is 14.2 Å². The average Bonchev–Trinajstić information content (AvgIpc) is 3.58. The number of halogens is 3. The molecule has 38 heavy (non-hydrogen) atoms. The van der Waals surface area contributed by atoms with Crippen molar-refractivity contribution >= 4 is 11.8 Å². The van der Waals surface area contributed by atoms with Gasteiger partial charge in [-0.3, -0.25) is 9.59 Å². The molecule has 3 aromatic rings. The van der Waals surface area contributed by atoms with Crippen LogP contribution in [0.25, 0.3) is 0 Å². The minimum atomic E-state index is -4.52. The van der Waals surface area contributed by atoms with E-state index in [9.17, 15) is 22.8 Å². The van der Waals surface area contributed by atoms with Crippen molar-refractivity contribution in [1.29, 1.82) is 0 Å². The third-order valence-electron chi connectivity index (χ3n) is 6.83. The number of hydrogen-bond acceptors (Lipinski definition) is 5. The molecule has 1 fully saturated rings. The molecule has 5 rings (SSSR count). The lowest BCUT2D eigenvalue weighted by molar-refractivity contribution is -0.137. The summed E-state index contributed by atoms with van der Waals surface area (Å²) < 4.78 is 56.1. The molecule has 0 spiro atoms. The van der Waals surface area contributed by atoms with Crippen molar-refractivity contribution < 1.29 is 37.0 Å². The lowest BCUT2D eigenvalue weighted by Crippen LogP contribution is -2.35. The van der Waals surface area contributed by atoms with Crippen LogP contribution >= 0.6 is 0 Å². The molecule has 1 N–H and O–H groups in total. The molecule has 2 aliphatic rings. The molecule has 0 aromatic heterocycles. The van der Waals surface area contributed by atoms with E-state index in [1.165, 1.54) is 18.1 Å². The maximum Gasteiger partial charge on any atom is 0.416 e. The summed E-state index contributed by atoms with van der Waals surface area (Å²) in [5.41, 5.74) is 0.736. The lowest BCUT2D eigenvalue weighted by Gasteiger charge is -2.19. The zero-order valence-corrected chi connectivity index (χ0v) is 20.5. The van der Waals surface area contributed by atoms with Gasteiger partial charge in [-0.05, 0) is 53.6 Å². The smallest absolute Gasteiger partial charge is 0.416 e. The minimum absolute atomic E-state index is 0.0682. The number of fused-ring (bicyclic) bond motifs is 1. The van der Waals surface area contributed by atoms with Crippen molar-refractivity contribution in [2.75, 3.05) is 27.0 Å². The van der Waals surface area contributed by atoms with Gasteiger partial charge >= 0.3 is 6.18 Å². The Kier molecular flexibility index (Phi) is 6.88. The fourth-order valence-electron chi connectivity index (χ4n) is 4.81. The SMILES string of the molecule is COc1ccc(C(=O)N2C[C@H](C(=O)NCc3ccc4c(c3)OCO4)[C@H](c3cccc(C(F)(F)F)c3)C2)cc1. The number of hydrogen-bond donors (Lipinski definition) is 1. The van der Waals surface area contributed by atoms with Gasteiger partial charge in [0.25, 0.3) is 5.91 Å². The van der Waals surface area contributed by atoms with Crippen LogP contribution in [-0.2, 0) is 17.5 Å². The Morgan fingerprint density at radius 1 is 1.00 bits per heavy atom. The average molecular weight is 527 g/mol. The summed E-state index contributed by atoms with van der Waals surface area (Å²) in [6, 6.07) is 16.8. The Morgan fingerprint density at radius 2 is 1.76 bits per heavy atom. The van der Waals surface area contributed by atoms with E-state index in [2.05, 4.69) is 5.32 Å². The van der Waals surface area contributed by atoms with Crippen molar-refractivity contribution in [3.8, 4) is 17.2 Å². The summed E-state index contributed by atoms with van der Waals surface area (Å²) in [5, 5.41) is 2.88.